The average Bonchev–Trinajstić information content (AvgIpc) is 3.97. The maximum Gasteiger partial charge on any atom is 0.135 e. The molecule has 0 bridgehead atoms. The molecule has 328 valence electrons. The number of ether oxygens (including phenoxy) is 1. The molecule has 0 N–H and O–H groups in total. The number of hydrogen-bond donors (Lipinski definition) is 0. The van der Waals surface area contributed by atoms with E-state index in [1.807, 2.05) is 0 Å². The summed E-state index contributed by atoms with van der Waals surface area (Å²) in [6.07, 6.45) is 11.1. The zero-order chi connectivity index (χ0) is 46.0. The Labute approximate surface area is 399 Å². The molecule has 8 aromatic carbocycles. The molecular formula is C66H52O2. The predicted octanol–water partition coefficient (Wildman–Crippen LogP) is 17.9. The van der Waals surface area contributed by atoms with E-state index in [2.05, 4.69) is 224 Å². The van der Waals surface area contributed by atoms with Gasteiger partial charge in [-0.05, 0) is 148 Å². The van der Waals surface area contributed by atoms with E-state index in [1.54, 1.807) is 0 Å². The van der Waals surface area contributed by atoms with Crippen LogP contribution in [-0.4, -0.2) is 0 Å². The first-order valence-corrected chi connectivity index (χ1v) is 24.4. The van der Waals surface area contributed by atoms with E-state index in [-0.39, 0.29) is 16.7 Å². The van der Waals surface area contributed by atoms with Crippen molar-refractivity contribution in [1.29, 1.82) is 0 Å². The van der Waals surface area contributed by atoms with Crippen LogP contribution in [0.2, 0.25) is 0 Å². The van der Waals surface area contributed by atoms with Gasteiger partial charge in [0.1, 0.15) is 22.8 Å². The molecule has 1 spiro atoms. The van der Waals surface area contributed by atoms with Gasteiger partial charge in [-0.3, -0.25) is 0 Å². The quantitative estimate of drug-likeness (QED) is 0.173. The molecule has 0 saturated carbocycles. The van der Waals surface area contributed by atoms with Gasteiger partial charge in [0.05, 0.1) is 5.41 Å². The van der Waals surface area contributed by atoms with Crippen molar-refractivity contribution in [3.8, 4) is 67.1 Å². The van der Waals surface area contributed by atoms with Crippen molar-refractivity contribution < 1.29 is 9.15 Å². The zero-order valence-electron chi connectivity index (χ0n) is 39.7. The first kappa shape index (κ1) is 39.7. The largest absolute Gasteiger partial charge is 0.456 e. The van der Waals surface area contributed by atoms with Gasteiger partial charge in [-0.1, -0.05) is 188 Å². The lowest BCUT2D eigenvalue weighted by Gasteiger charge is -2.33. The number of benzene rings is 8. The fourth-order valence-corrected chi connectivity index (χ4v) is 12.8. The van der Waals surface area contributed by atoms with Gasteiger partial charge >= 0.3 is 0 Å². The van der Waals surface area contributed by atoms with Crippen LogP contribution in [0.1, 0.15) is 99.1 Å². The zero-order valence-corrected chi connectivity index (χ0v) is 39.7. The number of rotatable bonds is 2. The highest BCUT2D eigenvalue weighted by molar-refractivity contribution is 6.13. The van der Waals surface area contributed by atoms with Crippen LogP contribution in [0, 0.1) is 5.92 Å². The molecule has 2 heteroatoms. The minimum atomic E-state index is -0.467. The molecule has 5 aliphatic rings. The summed E-state index contributed by atoms with van der Waals surface area (Å²) in [6, 6.07) is 55.5. The van der Waals surface area contributed by atoms with Crippen molar-refractivity contribution in [2.24, 2.45) is 5.92 Å². The van der Waals surface area contributed by atoms with Gasteiger partial charge in [-0.2, -0.15) is 0 Å². The normalized spacial score (nSPS) is 17.5. The Morgan fingerprint density at radius 2 is 1.09 bits per heavy atom. The molecule has 14 rings (SSSR count). The molecule has 2 nitrogen and oxygen atoms in total. The van der Waals surface area contributed by atoms with Crippen molar-refractivity contribution in [3.05, 3.63) is 220 Å². The van der Waals surface area contributed by atoms with E-state index in [0.717, 1.165) is 33.8 Å². The minimum absolute atomic E-state index is 0.00504. The van der Waals surface area contributed by atoms with Crippen LogP contribution in [0.4, 0.5) is 0 Å². The van der Waals surface area contributed by atoms with E-state index in [1.165, 1.54) is 105 Å². The van der Waals surface area contributed by atoms with Crippen molar-refractivity contribution in [3.63, 3.8) is 0 Å². The SMILES string of the molecule is CC1c2c(oc3cccc(-c4ccc5c6c(cccc46)-c4cc(-c6ccc7c(c6)C6(c8ccccc8-7)c7cc(C(C)(C)C)ccc7-c7ccc(C(C)(C)C)cc76)ccc4O5)c23)C=C2C=CC=CC21. The van der Waals surface area contributed by atoms with Gasteiger partial charge in [0.25, 0.3) is 0 Å². The molecule has 0 saturated heterocycles. The fourth-order valence-electron chi connectivity index (χ4n) is 12.8. The summed E-state index contributed by atoms with van der Waals surface area (Å²) in [4.78, 5) is 0. The summed E-state index contributed by atoms with van der Waals surface area (Å²) < 4.78 is 13.5. The van der Waals surface area contributed by atoms with Crippen molar-refractivity contribution >= 4 is 27.8 Å². The summed E-state index contributed by atoms with van der Waals surface area (Å²) in [5, 5.41) is 3.53. The highest BCUT2D eigenvalue weighted by Crippen LogP contribution is 2.64. The van der Waals surface area contributed by atoms with Gasteiger partial charge < -0.3 is 9.15 Å². The van der Waals surface area contributed by atoms with Crippen LogP contribution in [0.25, 0.3) is 83.5 Å². The summed E-state index contributed by atoms with van der Waals surface area (Å²) in [7, 11) is 0. The average molecular weight is 877 g/mol. The van der Waals surface area contributed by atoms with Gasteiger partial charge in [-0.15, -0.1) is 0 Å². The highest BCUT2D eigenvalue weighted by atomic mass is 16.5. The number of furan rings is 1. The molecule has 0 radical (unpaired) electrons. The van der Waals surface area contributed by atoms with Crippen molar-refractivity contribution in [2.45, 2.75) is 70.6 Å². The third-order valence-corrected chi connectivity index (χ3v) is 16.2. The van der Waals surface area contributed by atoms with Crippen LogP contribution in [-0.2, 0) is 16.2 Å². The Balaban J connectivity index is 0.944. The topological polar surface area (TPSA) is 22.4 Å². The van der Waals surface area contributed by atoms with Crippen molar-refractivity contribution in [1.82, 2.24) is 0 Å². The summed E-state index contributed by atoms with van der Waals surface area (Å²) in [5.74, 6) is 3.36. The Morgan fingerprint density at radius 3 is 1.84 bits per heavy atom. The molecule has 2 heterocycles. The minimum Gasteiger partial charge on any atom is -0.456 e. The lowest BCUT2D eigenvalue weighted by molar-refractivity contribution is 0.487. The van der Waals surface area contributed by atoms with E-state index < -0.39 is 5.41 Å². The second-order valence-corrected chi connectivity index (χ2v) is 22.0. The van der Waals surface area contributed by atoms with Crippen LogP contribution < -0.4 is 4.74 Å². The van der Waals surface area contributed by atoms with Crippen LogP contribution >= 0.6 is 0 Å². The Morgan fingerprint density at radius 1 is 0.485 bits per heavy atom. The predicted molar refractivity (Wildman–Crippen MR) is 282 cm³/mol. The maximum atomic E-state index is 6.88. The second kappa shape index (κ2) is 13.6. The third-order valence-electron chi connectivity index (χ3n) is 16.2. The van der Waals surface area contributed by atoms with Crippen LogP contribution in [0.5, 0.6) is 11.5 Å². The van der Waals surface area contributed by atoms with E-state index in [0.29, 0.717) is 5.92 Å². The van der Waals surface area contributed by atoms with Crippen molar-refractivity contribution in [2.75, 3.05) is 0 Å². The monoisotopic (exact) mass is 876 g/mol. The molecule has 4 aliphatic carbocycles. The molecule has 0 fully saturated rings. The van der Waals surface area contributed by atoms with Gasteiger partial charge in [-0.25, -0.2) is 0 Å². The van der Waals surface area contributed by atoms with Gasteiger partial charge in [0.15, 0.2) is 0 Å². The maximum absolute atomic E-state index is 6.88. The first-order chi connectivity index (χ1) is 32.9. The molecule has 2 atom stereocenters. The summed E-state index contributed by atoms with van der Waals surface area (Å²) >= 11 is 0. The summed E-state index contributed by atoms with van der Waals surface area (Å²) in [6.45, 7) is 16.4. The second-order valence-electron chi connectivity index (χ2n) is 22.0. The summed E-state index contributed by atoms with van der Waals surface area (Å²) in [5.41, 5.74) is 23.6. The molecule has 2 unspecified atom stereocenters. The first-order valence-electron chi connectivity index (χ1n) is 24.4. The number of fused-ring (bicyclic) bond motifs is 16. The van der Waals surface area contributed by atoms with E-state index in [4.69, 9.17) is 9.15 Å². The molecule has 9 aromatic rings. The lowest BCUT2D eigenvalue weighted by atomic mass is 9.68. The fraction of sp³-hybridized carbons (Fsp3) is 0.182. The Bertz CT molecular complexity index is 3750. The molecule has 68 heavy (non-hydrogen) atoms. The number of hydrogen-bond acceptors (Lipinski definition) is 2. The van der Waals surface area contributed by atoms with E-state index >= 15 is 0 Å². The number of allylic oxidation sites excluding steroid dienone is 5. The van der Waals surface area contributed by atoms with E-state index in [9.17, 15) is 0 Å². The molecule has 0 amide bonds. The van der Waals surface area contributed by atoms with Gasteiger partial charge in [0.2, 0.25) is 0 Å². The molecule has 1 aliphatic heterocycles. The smallest absolute Gasteiger partial charge is 0.135 e. The van der Waals surface area contributed by atoms with Gasteiger partial charge in [0, 0.05) is 27.8 Å². The third kappa shape index (κ3) is 5.29. The highest BCUT2D eigenvalue weighted by Gasteiger charge is 2.52. The standard InChI is InChI=1S/C66H52O2/c1-37-43-15-9-8-14-40(43)34-60-61(37)63-50(19-13-21-58(63)68-60)44-29-31-59-62-49(44)17-12-18-51(62)52-32-38(23-30-57(52)67-59)39-22-26-46-45-16-10-11-20-53(45)66(54(46)33-39)55-35-41(64(2,3)4)24-27-47(55)48-28-25-42(36-56(48)66)65(5,6)7/h8-37,43H,1-7H3. The Hall–Kier alpha value is -7.42. The molecular weight excluding hydrogens is 825 g/mol. The van der Waals surface area contributed by atoms with Crippen LogP contribution in [0.15, 0.2) is 180 Å². The van der Waals surface area contributed by atoms with Crippen LogP contribution in [0.3, 0.4) is 0 Å². The molecule has 1 aromatic heterocycles. The lowest BCUT2D eigenvalue weighted by Crippen LogP contribution is -2.27. The Kier molecular flexibility index (Phi) is 7.95.